The van der Waals surface area contributed by atoms with Gasteiger partial charge in [-0.05, 0) is 93.6 Å². The molecular formula is C53H44N2. The molecule has 0 fully saturated rings. The Balaban J connectivity index is 1.19. The highest BCUT2D eigenvalue weighted by Crippen LogP contribution is 2.40. The third kappa shape index (κ3) is 7.72. The summed E-state index contributed by atoms with van der Waals surface area (Å²) in [6.45, 7) is 6.65. The summed E-state index contributed by atoms with van der Waals surface area (Å²) < 4.78 is 0. The van der Waals surface area contributed by atoms with Gasteiger partial charge >= 0.3 is 0 Å². The van der Waals surface area contributed by atoms with E-state index in [4.69, 9.17) is 10.4 Å². The molecule has 55 heavy (non-hydrogen) atoms. The lowest BCUT2D eigenvalue weighted by Gasteiger charge is -2.28. The van der Waals surface area contributed by atoms with Crippen LogP contribution in [0.1, 0.15) is 30.5 Å². The van der Waals surface area contributed by atoms with Crippen molar-refractivity contribution in [3.63, 3.8) is 0 Å². The van der Waals surface area contributed by atoms with E-state index < -0.39 is 0 Å². The predicted octanol–water partition coefficient (Wildman–Crippen LogP) is 13.8. The number of nitrogens with one attached hydrogen (secondary N) is 1. The number of rotatable bonds is 8. The smallest absolute Gasteiger partial charge is 0.0715 e. The zero-order valence-corrected chi connectivity index (χ0v) is 31.6. The second kappa shape index (κ2) is 15.8. The molecule has 266 valence electrons. The molecule has 2 aliphatic carbocycles. The Morgan fingerprint density at radius 2 is 1.09 bits per heavy atom. The van der Waals surface area contributed by atoms with Crippen molar-refractivity contribution in [1.82, 2.24) is 4.98 Å². The number of benzene rings is 5. The molecule has 2 atom stereocenters. The van der Waals surface area contributed by atoms with Gasteiger partial charge in [-0.1, -0.05) is 183 Å². The van der Waals surface area contributed by atoms with Crippen LogP contribution in [0.4, 0.5) is 0 Å². The minimum atomic E-state index is 0.139. The first-order valence-corrected chi connectivity index (χ1v) is 19.1. The summed E-state index contributed by atoms with van der Waals surface area (Å²) in [7, 11) is 0. The van der Waals surface area contributed by atoms with E-state index in [9.17, 15) is 0 Å². The fourth-order valence-corrected chi connectivity index (χ4v) is 7.66. The molecule has 2 unspecified atom stereocenters. The largest absolute Gasteiger partial charge is 0.300 e. The topological polar surface area (TPSA) is 36.7 Å². The molecule has 1 aromatic heterocycles. The molecule has 2 nitrogen and oxygen atoms in total. The second-order valence-electron chi connectivity index (χ2n) is 14.5. The molecule has 0 saturated heterocycles. The maximum atomic E-state index is 8.73. The fraction of sp³-hybridized carbons (Fsp3) is 0.0943. The van der Waals surface area contributed by atoms with Gasteiger partial charge in [0, 0.05) is 22.6 Å². The van der Waals surface area contributed by atoms with Gasteiger partial charge in [0.1, 0.15) is 0 Å². The van der Waals surface area contributed by atoms with E-state index in [0.717, 1.165) is 39.2 Å². The normalized spacial score (nSPS) is 17.6. The number of aromatic nitrogens is 1. The van der Waals surface area contributed by atoms with E-state index >= 15 is 0 Å². The number of allylic oxidation sites excluding steroid dienone is 11. The van der Waals surface area contributed by atoms with E-state index in [-0.39, 0.29) is 11.8 Å². The lowest BCUT2D eigenvalue weighted by Crippen LogP contribution is -2.16. The highest BCUT2D eigenvalue weighted by molar-refractivity contribution is 6.10. The molecular weight excluding hydrogens is 665 g/mol. The molecule has 2 aliphatic rings. The van der Waals surface area contributed by atoms with Crippen molar-refractivity contribution in [3.05, 3.63) is 222 Å². The number of hydrogen-bond donors (Lipinski definition) is 1. The Bertz CT molecular complexity index is 2440. The van der Waals surface area contributed by atoms with Gasteiger partial charge in [0.15, 0.2) is 0 Å². The summed E-state index contributed by atoms with van der Waals surface area (Å²) in [4.78, 5) is 5.27. The molecule has 0 spiro atoms. The maximum absolute atomic E-state index is 8.73. The summed E-state index contributed by atoms with van der Waals surface area (Å²) in [5.74, 6) is 0.346. The van der Waals surface area contributed by atoms with E-state index in [1.165, 1.54) is 44.5 Å². The minimum absolute atomic E-state index is 0.139. The number of nitrogens with zero attached hydrogens (tertiary/aromatic N) is 1. The maximum Gasteiger partial charge on any atom is 0.0715 e. The Hall–Kier alpha value is -6.64. The zero-order chi connectivity index (χ0) is 37.7. The quantitative estimate of drug-likeness (QED) is 0.168. The molecule has 0 bridgehead atoms. The van der Waals surface area contributed by atoms with Crippen LogP contribution in [0.25, 0.3) is 56.4 Å². The number of hydrogen-bond acceptors (Lipinski definition) is 2. The third-order valence-corrected chi connectivity index (χ3v) is 10.8. The zero-order valence-electron chi connectivity index (χ0n) is 31.6. The van der Waals surface area contributed by atoms with Crippen molar-refractivity contribution in [1.29, 1.82) is 5.41 Å². The second-order valence-corrected chi connectivity index (χ2v) is 14.5. The SMILES string of the molecule is CC(/C(=C\c1ccccc1C)C1C=CC(c2cc(-c3ccc(-c4ccccc4)cc3)nc(-c3ccc(-c4ccccc4)cc3)c2)=CC1C)=C1/C=CC=CC1=N. The molecule has 2 heteroatoms. The molecule has 8 rings (SSSR count). The number of pyridine rings is 1. The average molecular weight is 709 g/mol. The highest BCUT2D eigenvalue weighted by atomic mass is 14.7. The summed E-state index contributed by atoms with van der Waals surface area (Å²) in [6.07, 6.45) is 17.3. The third-order valence-electron chi connectivity index (χ3n) is 10.8. The van der Waals surface area contributed by atoms with Crippen LogP contribution in [-0.4, -0.2) is 10.7 Å². The summed E-state index contributed by atoms with van der Waals surface area (Å²) >= 11 is 0. The van der Waals surface area contributed by atoms with Crippen LogP contribution in [0.5, 0.6) is 0 Å². The molecule has 1 heterocycles. The van der Waals surface area contributed by atoms with Crippen molar-refractivity contribution in [3.8, 4) is 44.8 Å². The Kier molecular flexibility index (Phi) is 10.1. The lowest BCUT2D eigenvalue weighted by atomic mass is 9.76. The van der Waals surface area contributed by atoms with Crippen LogP contribution in [0.3, 0.4) is 0 Å². The molecule has 0 saturated carbocycles. The Morgan fingerprint density at radius 3 is 1.64 bits per heavy atom. The number of aryl methyl sites for hydroxylation is 1. The monoisotopic (exact) mass is 708 g/mol. The van der Waals surface area contributed by atoms with E-state index in [1.807, 2.05) is 18.2 Å². The van der Waals surface area contributed by atoms with Crippen molar-refractivity contribution < 1.29 is 0 Å². The summed E-state index contributed by atoms with van der Waals surface area (Å²) in [5.41, 5.74) is 17.5. The van der Waals surface area contributed by atoms with Gasteiger partial charge in [-0.2, -0.15) is 0 Å². The summed E-state index contributed by atoms with van der Waals surface area (Å²) in [6, 6.07) is 51.5. The molecule has 0 amide bonds. The van der Waals surface area contributed by atoms with Crippen LogP contribution >= 0.6 is 0 Å². The van der Waals surface area contributed by atoms with Gasteiger partial charge in [-0.25, -0.2) is 4.98 Å². The first-order chi connectivity index (χ1) is 26.9. The van der Waals surface area contributed by atoms with Crippen LogP contribution in [0.2, 0.25) is 0 Å². The van der Waals surface area contributed by atoms with Gasteiger partial charge in [-0.3, -0.25) is 0 Å². The van der Waals surface area contributed by atoms with Crippen molar-refractivity contribution in [2.24, 2.45) is 11.8 Å². The van der Waals surface area contributed by atoms with E-state index in [0.29, 0.717) is 5.71 Å². The van der Waals surface area contributed by atoms with Crippen LogP contribution < -0.4 is 0 Å². The first-order valence-electron chi connectivity index (χ1n) is 19.1. The standard InChI is InChI=1S/C53H44N2/c1-36-14-10-11-19-45(36)33-50(38(3)49-20-12-13-21-51(49)54)48-31-30-46(32-37(48)2)47-34-52(43-26-22-41(23-27-43)39-15-6-4-7-16-39)55-53(35-47)44-28-24-42(25-29-44)40-17-8-5-9-18-40/h4-35,37,48,54H,1-3H3/b49-38+,50-33+,54-51?. The average Bonchev–Trinajstić information content (AvgIpc) is 3.24. The predicted molar refractivity (Wildman–Crippen MR) is 234 cm³/mol. The fourth-order valence-electron chi connectivity index (χ4n) is 7.66. The van der Waals surface area contributed by atoms with Crippen LogP contribution in [-0.2, 0) is 0 Å². The molecule has 6 aromatic rings. The van der Waals surface area contributed by atoms with Crippen LogP contribution in [0.15, 0.2) is 205 Å². The van der Waals surface area contributed by atoms with Crippen molar-refractivity contribution in [2.45, 2.75) is 20.8 Å². The van der Waals surface area contributed by atoms with Gasteiger partial charge in [0.05, 0.1) is 17.1 Å². The highest BCUT2D eigenvalue weighted by Gasteiger charge is 2.25. The Labute approximate surface area is 325 Å². The molecule has 1 N–H and O–H groups in total. The van der Waals surface area contributed by atoms with E-state index in [1.54, 1.807) is 0 Å². The Morgan fingerprint density at radius 1 is 0.582 bits per heavy atom. The van der Waals surface area contributed by atoms with Crippen LogP contribution in [0, 0.1) is 24.2 Å². The van der Waals surface area contributed by atoms with Gasteiger partial charge in [0.25, 0.3) is 0 Å². The van der Waals surface area contributed by atoms with Gasteiger partial charge in [0.2, 0.25) is 0 Å². The molecule has 5 aromatic carbocycles. The lowest BCUT2D eigenvalue weighted by molar-refractivity contribution is 0.585. The first kappa shape index (κ1) is 35.4. The molecule has 0 aliphatic heterocycles. The minimum Gasteiger partial charge on any atom is -0.300 e. The van der Waals surface area contributed by atoms with Gasteiger partial charge in [-0.15, -0.1) is 0 Å². The van der Waals surface area contributed by atoms with Crippen molar-refractivity contribution in [2.75, 3.05) is 0 Å². The molecule has 0 radical (unpaired) electrons. The summed E-state index contributed by atoms with van der Waals surface area (Å²) in [5, 5.41) is 8.73. The van der Waals surface area contributed by atoms with Crippen molar-refractivity contribution >= 4 is 17.4 Å². The van der Waals surface area contributed by atoms with Gasteiger partial charge < -0.3 is 5.41 Å². The van der Waals surface area contributed by atoms with E-state index in [2.05, 4.69) is 197 Å².